The van der Waals surface area contributed by atoms with Crippen LogP contribution in [0.15, 0.2) is 6.07 Å². The molecule has 0 spiro atoms. The van der Waals surface area contributed by atoms with Crippen LogP contribution in [0.1, 0.15) is 18.7 Å². The van der Waals surface area contributed by atoms with Gasteiger partial charge >= 0.3 is 0 Å². The Bertz CT molecular complexity index is 362. The first kappa shape index (κ1) is 11.5. The van der Waals surface area contributed by atoms with E-state index >= 15 is 0 Å². The summed E-state index contributed by atoms with van der Waals surface area (Å²) < 4.78 is 24.9. The summed E-state index contributed by atoms with van der Waals surface area (Å²) in [5.41, 5.74) is 0. The number of anilines is 1. The summed E-state index contributed by atoms with van der Waals surface area (Å²) in [4.78, 5) is 9.68. The molecule has 0 atom stereocenters. The Labute approximate surface area is 97.4 Å². The first-order valence-electron chi connectivity index (χ1n) is 5.12. The van der Waals surface area contributed by atoms with E-state index in [2.05, 4.69) is 9.97 Å². The molecule has 0 aliphatic heterocycles. The Hall–Kier alpha value is -0.970. The summed E-state index contributed by atoms with van der Waals surface area (Å²) in [7, 11) is 0. The fourth-order valence-electron chi connectivity index (χ4n) is 1.63. The predicted octanol–water partition coefficient (Wildman–Crippen LogP) is 2.67. The van der Waals surface area contributed by atoms with Crippen molar-refractivity contribution in [2.24, 2.45) is 0 Å². The number of halogens is 3. The number of hydrogen-bond acceptors (Lipinski definition) is 3. The SMILES string of the molecule is Cc1nc(Cl)cc(N(CC(F)F)C2CC2)n1. The van der Waals surface area contributed by atoms with Crippen LogP contribution in [0.25, 0.3) is 0 Å². The van der Waals surface area contributed by atoms with Crippen LogP contribution in [0.2, 0.25) is 5.15 Å². The lowest BCUT2D eigenvalue weighted by Gasteiger charge is -2.23. The van der Waals surface area contributed by atoms with Crippen LogP contribution >= 0.6 is 11.6 Å². The van der Waals surface area contributed by atoms with E-state index in [9.17, 15) is 8.78 Å². The molecule has 0 aromatic carbocycles. The quantitative estimate of drug-likeness (QED) is 0.766. The van der Waals surface area contributed by atoms with E-state index in [0.29, 0.717) is 16.8 Å². The molecule has 0 radical (unpaired) electrons. The molecule has 1 heterocycles. The maximum Gasteiger partial charge on any atom is 0.255 e. The number of alkyl halides is 2. The molecule has 1 aromatic rings. The zero-order chi connectivity index (χ0) is 11.7. The molecular formula is C10H12ClF2N3. The van der Waals surface area contributed by atoms with Crippen molar-refractivity contribution in [2.75, 3.05) is 11.4 Å². The summed E-state index contributed by atoms with van der Waals surface area (Å²) in [5, 5.41) is 0.294. The van der Waals surface area contributed by atoms with Gasteiger partial charge < -0.3 is 4.90 Å². The third-order valence-corrected chi connectivity index (χ3v) is 2.60. The van der Waals surface area contributed by atoms with E-state index < -0.39 is 6.43 Å². The van der Waals surface area contributed by atoms with Crippen LogP contribution < -0.4 is 4.90 Å². The van der Waals surface area contributed by atoms with Gasteiger partial charge in [0.2, 0.25) is 0 Å². The van der Waals surface area contributed by atoms with Gasteiger partial charge in [-0.3, -0.25) is 0 Å². The summed E-state index contributed by atoms with van der Waals surface area (Å²) in [5.74, 6) is 1.00. The molecule has 6 heteroatoms. The van der Waals surface area contributed by atoms with E-state index in [1.807, 2.05) is 0 Å². The fraction of sp³-hybridized carbons (Fsp3) is 0.600. The van der Waals surface area contributed by atoms with Gasteiger partial charge in [0.05, 0.1) is 6.54 Å². The van der Waals surface area contributed by atoms with Gasteiger partial charge in [-0.2, -0.15) is 0 Å². The smallest absolute Gasteiger partial charge is 0.255 e. The van der Waals surface area contributed by atoms with Gasteiger partial charge in [0.1, 0.15) is 16.8 Å². The Kier molecular flexibility index (Phi) is 3.23. The van der Waals surface area contributed by atoms with E-state index in [0.717, 1.165) is 12.8 Å². The summed E-state index contributed by atoms with van der Waals surface area (Å²) >= 11 is 5.79. The molecule has 1 fully saturated rings. The molecule has 3 nitrogen and oxygen atoms in total. The second kappa shape index (κ2) is 4.49. The molecule has 16 heavy (non-hydrogen) atoms. The number of aromatic nitrogens is 2. The van der Waals surface area contributed by atoms with Crippen molar-refractivity contribution in [1.29, 1.82) is 0 Å². The van der Waals surface area contributed by atoms with Gasteiger partial charge in [-0.25, -0.2) is 18.7 Å². The van der Waals surface area contributed by atoms with E-state index in [1.165, 1.54) is 6.07 Å². The monoisotopic (exact) mass is 247 g/mol. The lowest BCUT2D eigenvalue weighted by molar-refractivity contribution is 0.154. The average molecular weight is 248 g/mol. The average Bonchev–Trinajstić information content (AvgIpc) is 2.95. The van der Waals surface area contributed by atoms with Crippen LogP contribution in [-0.2, 0) is 0 Å². The first-order chi connectivity index (χ1) is 7.56. The zero-order valence-corrected chi connectivity index (χ0v) is 9.58. The number of hydrogen-bond donors (Lipinski definition) is 0. The first-order valence-corrected chi connectivity index (χ1v) is 5.50. The topological polar surface area (TPSA) is 29.0 Å². The fourth-order valence-corrected chi connectivity index (χ4v) is 1.85. The predicted molar refractivity (Wildman–Crippen MR) is 58.2 cm³/mol. The number of aryl methyl sites for hydroxylation is 1. The molecule has 1 aliphatic rings. The molecule has 1 aromatic heterocycles. The third-order valence-electron chi connectivity index (χ3n) is 2.41. The van der Waals surface area contributed by atoms with Crippen molar-refractivity contribution in [3.63, 3.8) is 0 Å². The second-order valence-electron chi connectivity index (χ2n) is 3.87. The van der Waals surface area contributed by atoms with Gasteiger partial charge in [-0.1, -0.05) is 11.6 Å². The highest BCUT2D eigenvalue weighted by molar-refractivity contribution is 6.29. The second-order valence-corrected chi connectivity index (χ2v) is 4.26. The Morgan fingerprint density at radius 3 is 2.69 bits per heavy atom. The summed E-state index contributed by atoms with van der Waals surface area (Å²) in [6.45, 7) is 1.40. The lowest BCUT2D eigenvalue weighted by atomic mass is 10.4. The van der Waals surface area contributed by atoms with Crippen molar-refractivity contribution < 1.29 is 8.78 Å². The number of rotatable bonds is 4. The molecule has 0 unspecified atom stereocenters. The van der Waals surface area contributed by atoms with Crippen LogP contribution in [0.4, 0.5) is 14.6 Å². The maximum absolute atomic E-state index is 12.4. The Morgan fingerprint density at radius 2 is 2.19 bits per heavy atom. The lowest BCUT2D eigenvalue weighted by Crippen LogP contribution is -2.31. The molecule has 88 valence electrons. The molecule has 0 N–H and O–H groups in total. The van der Waals surface area contributed by atoms with E-state index in [1.54, 1.807) is 11.8 Å². The molecule has 0 amide bonds. The van der Waals surface area contributed by atoms with Crippen molar-refractivity contribution in [1.82, 2.24) is 9.97 Å². The van der Waals surface area contributed by atoms with Crippen molar-refractivity contribution in [3.8, 4) is 0 Å². The molecule has 1 aliphatic carbocycles. The van der Waals surface area contributed by atoms with Crippen LogP contribution in [0.3, 0.4) is 0 Å². The Balaban J connectivity index is 2.23. The third kappa shape index (κ3) is 2.78. The van der Waals surface area contributed by atoms with Crippen LogP contribution in [0, 0.1) is 6.92 Å². The van der Waals surface area contributed by atoms with E-state index in [4.69, 9.17) is 11.6 Å². The summed E-state index contributed by atoms with van der Waals surface area (Å²) in [6, 6.07) is 1.72. The van der Waals surface area contributed by atoms with E-state index in [-0.39, 0.29) is 12.6 Å². The number of nitrogens with zero attached hydrogens (tertiary/aromatic N) is 3. The van der Waals surface area contributed by atoms with Gasteiger partial charge in [0.25, 0.3) is 6.43 Å². The van der Waals surface area contributed by atoms with Crippen molar-refractivity contribution in [2.45, 2.75) is 32.2 Å². The standard InChI is InChI=1S/C10H12ClF2N3/c1-6-14-8(11)4-10(15-6)16(5-9(12)13)7-2-3-7/h4,7,9H,2-3,5H2,1H3. The van der Waals surface area contributed by atoms with Crippen LogP contribution in [-0.4, -0.2) is 29.0 Å². The minimum absolute atomic E-state index is 0.180. The normalized spacial score (nSPS) is 15.6. The highest BCUT2D eigenvalue weighted by atomic mass is 35.5. The van der Waals surface area contributed by atoms with Crippen molar-refractivity contribution >= 4 is 17.4 Å². The highest BCUT2D eigenvalue weighted by Gasteiger charge is 2.32. The van der Waals surface area contributed by atoms with Gasteiger partial charge in [-0.15, -0.1) is 0 Å². The van der Waals surface area contributed by atoms with Crippen LogP contribution in [0.5, 0.6) is 0 Å². The molecule has 1 saturated carbocycles. The minimum Gasteiger partial charge on any atom is -0.348 e. The van der Waals surface area contributed by atoms with Gasteiger partial charge in [-0.05, 0) is 19.8 Å². The highest BCUT2D eigenvalue weighted by Crippen LogP contribution is 2.31. The largest absolute Gasteiger partial charge is 0.348 e. The molecule has 0 bridgehead atoms. The maximum atomic E-state index is 12.4. The summed E-state index contributed by atoms with van der Waals surface area (Å²) in [6.07, 6.45) is -0.490. The zero-order valence-electron chi connectivity index (χ0n) is 8.83. The molecular weight excluding hydrogens is 236 g/mol. The van der Waals surface area contributed by atoms with Crippen molar-refractivity contribution in [3.05, 3.63) is 17.0 Å². The van der Waals surface area contributed by atoms with Gasteiger partial charge in [0, 0.05) is 12.1 Å². The Morgan fingerprint density at radius 1 is 1.50 bits per heavy atom. The molecule has 0 saturated heterocycles. The minimum atomic E-state index is -2.37. The van der Waals surface area contributed by atoms with Gasteiger partial charge in [0.15, 0.2) is 0 Å². The molecule has 2 rings (SSSR count).